The minimum atomic E-state index is 0.625. The van der Waals surface area contributed by atoms with Crippen molar-refractivity contribution in [3.8, 4) is 11.4 Å². The highest BCUT2D eigenvalue weighted by atomic mass is 16.5. The molecule has 1 heterocycles. The fourth-order valence-electron chi connectivity index (χ4n) is 2.00. The van der Waals surface area contributed by atoms with Crippen LogP contribution in [0.3, 0.4) is 0 Å². The quantitative estimate of drug-likeness (QED) is 0.842. The number of methoxy groups -OCH3 is 1. The number of hydrogen-bond donors (Lipinski definition) is 1. The van der Waals surface area contributed by atoms with Crippen LogP contribution in [-0.4, -0.2) is 16.9 Å². The lowest BCUT2D eigenvalue weighted by atomic mass is 10.2. The number of rotatable bonds is 4. The van der Waals surface area contributed by atoms with Gasteiger partial charge < -0.3 is 10.5 Å². The van der Waals surface area contributed by atoms with Crippen LogP contribution in [0, 0.1) is 0 Å². The molecule has 4 nitrogen and oxygen atoms in total. The summed E-state index contributed by atoms with van der Waals surface area (Å²) in [4.78, 5) is 0. The summed E-state index contributed by atoms with van der Waals surface area (Å²) < 4.78 is 7.16. The Morgan fingerprint density at radius 1 is 1.28 bits per heavy atom. The van der Waals surface area contributed by atoms with E-state index < -0.39 is 0 Å². The van der Waals surface area contributed by atoms with Crippen molar-refractivity contribution < 1.29 is 4.74 Å². The molecule has 2 rings (SSSR count). The van der Waals surface area contributed by atoms with Crippen LogP contribution in [0.25, 0.3) is 5.69 Å². The SMILES string of the molecule is CCc1cc(CC)n(-c2cccc(OC)c2N)n1. The van der Waals surface area contributed by atoms with Crippen molar-refractivity contribution in [3.05, 3.63) is 35.7 Å². The van der Waals surface area contributed by atoms with Gasteiger partial charge in [0.1, 0.15) is 11.4 Å². The molecule has 0 fully saturated rings. The second-order valence-corrected chi connectivity index (χ2v) is 4.14. The number of aromatic nitrogens is 2. The van der Waals surface area contributed by atoms with Crippen LogP contribution in [0.1, 0.15) is 25.2 Å². The largest absolute Gasteiger partial charge is 0.495 e. The fraction of sp³-hybridized carbons (Fsp3) is 0.357. The first-order valence-corrected chi connectivity index (χ1v) is 6.21. The first-order chi connectivity index (χ1) is 8.71. The van der Waals surface area contributed by atoms with E-state index in [1.165, 1.54) is 0 Å². The van der Waals surface area contributed by atoms with Gasteiger partial charge in [0.15, 0.2) is 0 Å². The molecule has 1 aromatic carbocycles. The molecule has 0 aliphatic heterocycles. The van der Waals surface area contributed by atoms with Gasteiger partial charge in [-0.2, -0.15) is 5.10 Å². The normalized spacial score (nSPS) is 10.6. The number of anilines is 1. The second kappa shape index (κ2) is 5.12. The molecule has 0 aliphatic rings. The first kappa shape index (κ1) is 12.5. The Hall–Kier alpha value is -1.97. The van der Waals surface area contributed by atoms with E-state index in [4.69, 9.17) is 10.5 Å². The summed E-state index contributed by atoms with van der Waals surface area (Å²) in [7, 11) is 1.62. The predicted molar refractivity (Wildman–Crippen MR) is 73.3 cm³/mol. The van der Waals surface area contributed by atoms with E-state index in [9.17, 15) is 0 Å². The van der Waals surface area contributed by atoms with E-state index in [1.807, 2.05) is 22.9 Å². The maximum absolute atomic E-state index is 6.11. The van der Waals surface area contributed by atoms with Gasteiger partial charge in [-0.1, -0.05) is 19.9 Å². The van der Waals surface area contributed by atoms with Crippen molar-refractivity contribution in [1.82, 2.24) is 9.78 Å². The maximum Gasteiger partial charge on any atom is 0.143 e. The number of nitrogen functional groups attached to an aromatic ring is 1. The molecule has 96 valence electrons. The summed E-state index contributed by atoms with van der Waals surface area (Å²) in [5.74, 6) is 0.683. The molecule has 0 aliphatic carbocycles. The molecule has 0 saturated carbocycles. The Kier molecular flexibility index (Phi) is 3.55. The Morgan fingerprint density at radius 3 is 2.67 bits per heavy atom. The summed E-state index contributed by atoms with van der Waals surface area (Å²) in [5, 5.41) is 4.59. The standard InChI is InChI=1S/C14H19N3O/c1-4-10-9-11(5-2)17(16-10)12-7-6-8-13(18-3)14(12)15/h6-9H,4-5,15H2,1-3H3. The van der Waals surface area contributed by atoms with Crippen molar-refractivity contribution in [2.24, 2.45) is 0 Å². The van der Waals surface area contributed by atoms with E-state index in [0.29, 0.717) is 11.4 Å². The van der Waals surface area contributed by atoms with Gasteiger partial charge in [0.2, 0.25) is 0 Å². The fourth-order valence-corrected chi connectivity index (χ4v) is 2.00. The van der Waals surface area contributed by atoms with Crippen LogP contribution >= 0.6 is 0 Å². The van der Waals surface area contributed by atoms with Crippen LogP contribution in [0.5, 0.6) is 5.75 Å². The van der Waals surface area contributed by atoms with Crippen LogP contribution in [0.4, 0.5) is 5.69 Å². The molecule has 0 radical (unpaired) electrons. The topological polar surface area (TPSA) is 53.1 Å². The molecular formula is C14H19N3O. The number of nitrogens with zero attached hydrogens (tertiary/aromatic N) is 2. The zero-order valence-electron chi connectivity index (χ0n) is 11.1. The molecule has 4 heteroatoms. The van der Waals surface area contributed by atoms with Gasteiger partial charge in [-0.05, 0) is 31.0 Å². The molecule has 0 saturated heterocycles. The zero-order chi connectivity index (χ0) is 13.1. The van der Waals surface area contributed by atoms with Crippen molar-refractivity contribution in [2.75, 3.05) is 12.8 Å². The molecular weight excluding hydrogens is 226 g/mol. The molecule has 0 amide bonds. The maximum atomic E-state index is 6.11. The van der Waals surface area contributed by atoms with Gasteiger partial charge in [0.05, 0.1) is 18.5 Å². The number of hydrogen-bond acceptors (Lipinski definition) is 3. The third-order valence-electron chi connectivity index (χ3n) is 3.05. The van der Waals surface area contributed by atoms with E-state index >= 15 is 0 Å². The van der Waals surface area contributed by atoms with Gasteiger partial charge in [-0.15, -0.1) is 0 Å². The summed E-state index contributed by atoms with van der Waals surface area (Å²) in [6.07, 6.45) is 1.84. The number of benzene rings is 1. The minimum absolute atomic E-state index is 0.625. The molecule has 0 unspecified atom stereocenters. The van der Waals surface area contributed by atoms with E-state index in [0.717, 1.165) is 29.9 Å². The summed E-state index contributed by atoms with van der Waals surface area (Å²) >= 11 is 0. The lowest BCUT2D eigenvalue weighted by molar-refractivity contribution is 0.416. The smallest absolute Gasteiger partial charge is 0.143 e. The van der Waals surface area contributed by atoms with Crippen LogP contribution in [0.15, 0.2) is 24.3 Å². The van der Waals surface area contributed by atoms with Crippen LogP contribution in [0.2, 0.25) is 0 Å². The number of nitrogens with two attached hydrogens (primary N) is 1. The van der Waals surface area contributed by atoms with Crippen molar-refractivity contribution in [2.45, 2.75) is 26.7 Å². The van der Waals surface area contributed by atoms with Crippen LogP contribution in [-0.2, 0) is 12.8 Å². The van der Waals surface area contributed by atoms with E-state index in [2.05, 4.69) is 25.0 Å². The zero-order valence-corrected chi connectivity index (χ0v) is 11.1. The summed E-state index contributed by atoms with van der Waals surface area (Å²) in [6.45, 7) is 4.21. The van der Waals surface area contributed by atoms with Crippen molar-refractivity contribution in [3.63, 3.8) is 0 Å². The monoisotopic (exact) mass is 245 g/mol. The Balaban J connectivity index is 2.57. The third kappa shape index (κ3) is 2.06. The molecule has 1 aromatic heterocycles. The van der Waals surface area contributed by atoms with Crippen molar-refractivity contribution in [1.29, 1.82) is 0 Å². The van der Waals surface area contributed by atoms with Gasteiger partial charge in [0.25, 0.3) is 0 Å². The molecule has 0 bridgehead atoms. The van der Waals surface area contributed by atoms with Crippen molar-refractivity contribution >= 4 is 5.69 Å². The Morgan fingerprint density at radius 2 is 2.06 bits per heavy atom. The van der Waals surface area contributed by atoms with E-state index in [1.54, 1.807) is 7.11 Å². The van der Waals surface area contributed by atoms with Gasteiger partial charge in [0, 0.05) is 5.69 Å². The third-order valence-corrected chi connectivity index (χ3v) is 3.05. The molecule has 2 N–H and O–H groups in total. The minimum Gasteiger partial charge on any atom is -0.495 e. The lowest BCUT2D eigenvalue weighted by Crippen LogP contribution is -2.06. The highest BCUT2D eigenvalue weighted by molar-refractivity contribution is 5.66. The average molecular weight is 245 g/mol. The predicted octanol–water partition coefficient (Wildman–Crippen LogP) is 2.59. The number of aryl methyl sites for hydroxylation is 2. The highest BCUT2D eigenvalue weighted by Gasteiger charge is 2.12. The average Bonchev–Trinajstić information content (AvgIpc) is 2.82. The van der Waals surface area contributed by atoms with Crippen LogP contribution < -0.4 is 10.5 Å². The van der Waals surface area contributed by atoms with E-state index in [-0.39, 0.29) is 0 Å². The molecule has 0 spiro atoms. The summed E-state index contributed by atoms with van der Waals surface area (Å²) in [5.41, 5.74) is 9.86. The molecule has 18 heavy (non-hydrogen) atoms. The first-order valence-electron chi connectivity index (χ1n) is 6.21. The molecule has 0 atom stereocenters. The summed E-state index contributed by atoms with van der Waals surface area (Å²) in [6, 6.07) is 7.87. The number of ether oxygens (including phenoxy) is 1. The Bertz CT molecular complexity index is 546. The Labute approximate surface area is 107 Å². The highest BCUT2D eigenvalue weighted by Crippen LogP contribution is 2.28. The molecule has 2 aromatic rings. The van der Waals surface area contributed by atoms with Gasteiger partial charge in [-0.3, -0.25) is 0 Å². The number of para-hydroxylation sites is 1. The van der Waals surface area contributed by atoms with Gasteiger partial charge in [-0.25, -0.2) is 4.68 Å². The second-order valence-electron chi connectivity index (χ2n) is 4.14. The lowest BCUT2D eigenvalue weighted by Gasteiger charge is -2.11. The van der Waals surface area contributed by atoms with Gasteiger partial charge >= 0.3 is 0 Å².